The van der Waals surface area contributed by atoms with Crippen molar-refractivity contribution in [3.05, 3.63) is 72.3 Å². The fourth-order valence-electron chi connectivity index (χ4n) is 3.43. The summed E-state index contributed by atoms with van der Waals surface area (Å²) in [5.41, 5.74) is 1.76. The maximum atomic E-state index is 13.0. The lowest BCUT2D eigenvalue weighted by molar-refractivity contribution is 0.0730. The van der Waals surface area contributed by atoms with Gasteiger partial charge in [-0.15, -0.1) is 0 Å². The van der Waals surface area contributed by atoms with Crippen molar-refractivity contribution in [1.29, 1.82) is 0 Å². The number of aromatic nitrogens is 2. The first kappa shape index (κ1) is 22.0. The number of methoxy groups -OCH3 is 1. The third-order valence-electron chi connectivity index (χ3n) is 5.17. The molecule has 9 nitrogen and oxygen atoms in total. The normalized spacial score (nSPS) is 14.8. The van der Waals surface area contributed by atoms with E-state index in [4.69, 9.17) is 9.47 Å². The Morgan fingerprint density at radius 1 is 1.16 bits per heavy atom. The summed E-state index contributed by atoms with van der Waals surface area (Å²) in [5.74, 6) is 0.00871. The van der Waals surface area contributed by atoms with Crippen molar-refractivity contribution in [1.82, 2.24) is 13.9 Å². The second-order valence-electron chi connectivity index (χ2n) is 7.26. The molecule has 0 atom stereocenters. The minimum Gasteiger partial charge on any atom is -0.495 e. The van der Waals surface area contributed by atoms with Crippen LogP contribution in [0.4, 0.5) is 5.69 Å². The number of sulfonamides is 1. The molecular weight excluding hydrogens is 432 g/mol. The lowest BCUT2D eigenvalue weighted by Crippen LogP contribution is -2.40. The first-order valence-corrected chi connectivity index (χ1v) is 11.5. The molecule has 0 unspecified atom stereocenters. The van der Waals surface area contributed by atoms with Crippen molar-refractivity contribution < 1.29 is 22.7 Å². The molecule has 0 saturated carbocycles. The zero-order valence-corrected chi connectivity index (χ0v) is 18.4. The van der Waals surface area contributed by atoms with E-state index in [0.717, 1.165) is 5.56 Å². The highest BCUT2D eigenvalue weighted by Crippen LogP contribution is 2.29. The molecule has 2 aromatic carbocycles. The number of ether oxygens (including phenoxy) is 2. The van der Waals surface area contributed by atoms with Gasteiger partial charge in [0.05, 0.1) is 37.2 Å². The van der Waals surface area contributed by atoms with Gasteiger partial charge in [0.25, 0.3) is 5.91 Å². The van der Waals surface area contributed by atoms with Crippen LogP contribution in [-0.2, 0) is 21.3 Å². The minimum absolute atomic E-state index is 0.0891. The van der Waals surface area contributed by atoms with E-state index in [9.17, 15) is 13.2 Å². The van der Waals surface area contributed by atoms with Crippen molar-refractivity contribution in [2.75, 3.05) is 38.7 Å². The average molecular weight is 457 g/mol. The number of carbonyl (C=O) groups is 1. The van der Waals surface area contributed by atoms with Gasteiger partial charge in [-0.1, -0.05) is 12.1 Å². The molecule has 0 radical (unpaired) electrons. The standard InChI is InChI=1S/C22H24N4O5S/c1-30-21-7-6-19(32(28,29)26-10-12-31-13-11-26)14-20(21)24-22(27)18-4-2-17(3-5-18)15-25-9-8-23-16-25/h2-9,14,16H,10-13,15H2,1H3,(H,24,27). The van der Waals surface area contributed by atoms with Gasteiger partial charge in [0.2, 0.25) is 10.0 Å². The fraction of sp³-hybridized carbons (Fsp3) is 0.273. The number of anilines is 1. The van der Waals surface area contributed by atoms with Crippen LogP contribution in [0.3, 0.4) is 0 Å². The van der Waals surface area contributed by atoms with Crippen molar-refractivity contribution in [3.8, 4) is 5.75 Å². The Bertz CT molecular complexity index is 1170. The van der Waals surface area contributed by atoms with Crippen molar-refractivity contribution in [2.24, 2.45) is 0 Å². The molecule has 32 heavy (non-hydrogen) atoms. The van der Waals surface area contributed by atoms with Crippen LogP contribution in [0.5, 0.6) is 5.75 Å². The van der Waals surface area contributed by atoms with Crippen LogP contribution in [0, 0.1) is 0 Å². The topological polar surface area (TPSA) is 103 Å². The minimum atomic E-state index is -3.70. The molecule has 1 aliphatic heterocycles. The number of benzene rings is 2. The molecular formula is C22H24N4O5S. The van der Waals surface area contributed by atoms with E-state index in [2.05, 4.69) is 10.3 Å². The van der Waals surface area contributed by atoms with E-state index < -0.39 is 10.0 Å². The van der Waals surface area contributed by atoms with E-state index >= 15 is 0 Å². The number of amides is 1. The van der Waals surface area contributed by atoms with Crippen LogP contribution in [0.25, 0.3) is 0 Å². The predicted octanol–water partition coefficient (Wildman–Crippen LogP) is 2.21. The van der Waals surface area contributed by atoms with Gasteiger partial charge in [0.1, 0.15) is 5.75 Å². The maximum Gasteiger partial charge on any atom is 0.255 e. The van der Waals surface area contributed by atoms with Crippen molar-refractivity contribution >= 4 is 21.6 Å². The molecule has 1 aromatic heterocycles. The summed E-state index contributed by atoms with van der Waals surface area (Å²) in [6, 6.07) is 11.6. The molecule has 168 valence electrons. The van der Waals surface area contributed by atoms with Gasteiger partial charge < -0.3 is 19.4 Å². The lowest BCUT2D eigenvalue weighted by atomic mass is 10.1. The molecule has 4 rings (SSSR count). The Labute approximate surface area is 186 Å². The second-order valence-corrected chi connectivity index (χ2v) is 9.20. The zero-order valence-electron chi connectivity index (χ0n) is 17.6. The number of morpholine rings is 1. The third-order valence-corrected chi connectivity index (χ3v) is 7.06. The Kier molecular flexibility index (Phi) is 6.54. The van der Waals surface area contributed by atoms with E-state index in [1.165, 1.54) is 29.6 Å². The van der Waals surface area contributed by atoms with Crippen LogP contribution in [0.1, 0.15) is 15.9 Å². The molecule has 0 spiro atoms. The average Bonchev–Trinajstić information content (AvgIpc) is 3.33. The Morgan fingerprint density at radius 2 is 1.91 bits per heavy atom. The summed E-state index contributed by atoms with van der Waals surface area (Å²) >= 11 is 0. The number of hydrogen-bond donors (Lipinski definition) is 1. The van der Waals surface area contributed by atoms with Gasteiger partial charge in [-0.25, -0.2) is 13.4 Å². The SMILES string of the molecule is COc1ccc(S(=O)(=O)N2CCOCC2)cc1NC(=O)c1ccc(Cn2ccnc2)cc1. The molecule has 0 bridgehead atoms. The number of imidazole rings is 1. The predicted molar refractivity (Wildman–Crippen MR) is 118 cm³/mol. The van der Waals surface area contributed by atoms with Crippen LogP contribution in [0.2, 0.25) is 0 Å². The summed E-state index contributed by atoms with van der Waals surface area (Å²) in [6.07, 6.45) is 5.30. The third kappa shape index (κ3) is 4.82. The lowest BCUT2D eigenvalue weighted by Gasteiger charge is -2.26. The zero-order chi connectivity index (χ0) is 22.6. The van der Waals surface area contributed by atoms with Gasteiger partial charge >= 0.3 is 0 Å². The van der Waals surface area contributed by atoms with Crippen molar-refractivity contribution in [2.45, 2.75) is 11.4 Å². The molecule has 1 saturated heterocycles. The second kappa shape index (κ2) is 9.51. The molecule has 0 aliphatic carbocycles. The summed E-state index contributed by atoms with van der Waals surface area (Å²) < 4.78 is 39.8. The van der Waals surface area contributed by atoms with Crippen LogP contribution < -0.4 is 10.1 Å². The maximum absolute atomic E-state index is 13.0. The van der Waals surface area contributed by atoms with E-state index in [-0.39, 0.29) is 16.5 Å². The van der Waals surface area contributed by atoms with Gasteiger partial charge in [-0.3, -0.25) is 4.79 Å². The molecule has 10 heteroatoms. The van der Waals surface area contributed by atoms with E-state index in [1.807, 2.05) is 22.9 Å². The summed E-state index contributed by atoms with van der Waals surface area (Å²) in [6.45, 7) is 1.95. The molecule has 1 aliphatic rings. The van der Waals surface area contributed by atoms with Gasteiger partial charge in [0, 0.05) is 37.6 Å². The van der Waals surface area contributed by atoms with Crippen LogP contribution in [0.15, 0.2) is 66.1 Å². The van der Waals surface area contributed by atoms with Crippen molar-refractivity contribution in [3.63, 3.8) is 0 Å². The number of carbonyl (C=O) groups excluding carboxylic acids is 1. The highest BCUT2D eigenvalue weighted by atomic mass is 32.2. The summed E-state index contributed by atoms with van der Waals surface area (Å²) in [5, 5.41) is 2.77. The molecule has 3 aromatic rings. The largest absolute Gasteiger partial charge is 0.495 e. The Balaban J connectivity index is 1.52. The van der Waals surface area contributed by atoms with Gasteiger partial charge in [-0.2, -0.15) is 4.31 Å². The van der Waals surface area contributed by atoms with Gasteiger partial charge in [-0.05, 0) is 35.9 Å². The molecule has 2 heterocycles. The number of nitrogens with one attached hydrogen (secondary N) is 1. The monoisotopic (exact) mass is 456 g/mol. The van der Waals surface area contributed by atoms with Gasteiger partial charge in [0.15, 0.2) is 0 Å². The Hall–Kier alpha value is -3.21. The smallest absolute Gasteiger partial charge is 0.255 e. The first-order valence-electron chi connectivity index (χ1n) is 10.1. The Morgan fingerprint density at radius 3 is 2.56 bits per heavy atom. The number of nitrogens with zero attached hydrogens (tertiary/aromatic N) is 3. The molecule has 1 amide bonds. The highest BCUT2D eigenvalue weighted by Gasteiger charge is 2.27. The highest BCUT2D eigenvalue weighted by molar-refractivity contribution is 7.89. The van der Waals surface area contributed by atoms with Crippen LogP contribution in [-0.4, -0.2) is 61.6 Å². The quantitative estimate of drug-likeness (QED) is 0.585. The van der Waals surface area contributed by atoms with E-state index in [0.29, 0.717) is 44.2 Å². The molecule has 1 N–H and O–H groups in total. The number of rotatable bonds is 7. The number of hydrogen-bond acceptors (Lipinski definition) is 6. The first-order chi connectivity index (χ1) is 15.5. The summed E-state index contributed by atoms with van der Waals surface area (Å²) in [7, 11) is -2.24. The molecule has 1 fully saturated rings. The van der Waals surface area contributed by atoms with E-state index in [1.54, 1.807) is 24.7 Å². The van der Waals surface area contributed by atoms with Crippen LogP contribution >= 0.6 is 0 Å². The summed E-state index contributed by atoms with van der Waals surface area (Å²) in [4.78, 5) is 16.9. The fourth-order valence-corrected chi connectivity index (χ4v) is 4.86.